The van der Waals surface area contributed by atoms with Crippen LogP contribution in [0.5, 0.6) is 11.5 Å². The van der Waals surface area contributed by atoms with E-state index in [1.807, 2.05) is 42.5 Å². The van der Waals surface area contributed by atoms with Crippen molar-refractivity contribution in [1.29, 1.82) is 0 Å². The van der Waals surface area contributed by atoms with Gasteiger partial charge in [0.15, 0.2) is 0 Å². The van der Waals surface area contributed by atoms with Crippen LogP contribution in [0.3, 0.4) is 0 Å². The maximum absolute atomic E-state index is 12.0. The Bertz CT molecular complexity index is 686. The minimum atomic E-state index is -0.454. The summed E-state index contributed by atoms with van der Waals surface area (Å²) in [6.07, 6.45) is 0.628. The van der Waals surface area contributed by atoms with Crippen molar-refractivity contribution in [3.05, 3.63) is 59.7 Å². The molecule has 1 amide bonds. The Balaban J connectivity index is 1.76. The highest BCUT2D eigenvalue weighted by atomic mass is 19.1. The molecule has 2 aromatic rings. The van der Waals surface area contributed by atoms with Crippen LogP contribution < -0.4 is 14.8 Å². The van der Waals surface area contributed by atoms with E-state index >= 15 is 0 Å². The molecule has 0 aliphatic carbocycles. The third-order valence-corrected chi connectivity index (χ3v) is 3.90. The summed E-state index contributed by atoms with van der Waals surface area (Å²) in [5, 5.41) is 2.77. The van der Waals surface area contributed by atoms with E-state index in [4.69, 9.17) is 9.47 Å². The SMILES string of the molecule is CC(C)c1ccccc1OC(=O)NCCc1ccc(OCCCF)cc1. The molecule has 0 aliphatic rings. The van der Waals surface area contributed by atoms with Crippen molar-refractivity contribution in [1.82, 2.24) is 5.32 Å². The molecule has 0 saturated carbocycles. The molecule has 1 N–H and O–H groups in total. The Morgan fingerprint density at radius 3 is 2.54 bits per heavy atom. The van der Waals surface area contributed by atoms with Crippen LogP contribution in [0.25, 0.3) is 0 Å². The van der Waals surface area contributed by atoms with E-state index in [1.165, 1.54) is 0 Å². The van der Waals surface area contributed by atoms with Gasteiger partial charge in [0, 0.05) is 13.0 Å². The van der Waals surface area contributed by atoms with Gasteiger partial charge >= 0.3 is 6.09 Å². The lowest BCUT2D eigenvalue weighted by Crippen LogP contribution is -2.29. The number of rotatable bonds is 9. The van der Waals surface area contributed by atoms with Gasteiger partial charge in [-0.2, -0.15) is 0 Å². The fraction of sp³-hybridized carbons (Fsp3) is 0.381. The van der Waals surface area contributed by atoms with Crippen LogP contribution in [0.1, 0.15) is 37.3 Å². The number of benzene rings is 2. The first kappa shape index (κ1) is 19.8. The normalized spacial score (nSPS) is 10.6. The van der Waals surface area contributed by atoms with Gasteiger partial charge in [0.2, 0.25) is 0 Å². The Labute approximate surface area is 154 Å². The van der Waals surface area contributed by atoms with Crippen LogP contribution in [0.15, 0.2) is 48.5 Å². The zero-order valence-corrected chi connectivity index (χ0v) is 15.3. The summed E-state index contributed by atoms with van der Waals surface area (Å²) in [5.41, 5.74) is 2.08. The predicted octanol–water partition coefficient (Wildman–Crippen LogP) is 4.88. The van der Waals surface area contributed by atoms with Gasteiger partial charge in [0.1, 0.15) is 11.5 Å². The molecule has 0 saturated heterocycles. The quantitative estimate of drug-likeness (QED) is 0.649. The molecular formula is C21H26FNO3. The minimum absolute atomic E-state index is 0.282. The maximum Gasteiger partial charge on any atom is 0.412 e. The molecular weight excluding hydrogens is 333 g/mol. The third-order valence-electron chi connectivity index (χ3n) is 3.90. The van der Waals surface area contributed by atoms with Gasteiger partial charge in [-0.3, -0.25) is 4.39 Å². The molecule has 0 aliphatic heterocycles. The van der Waals surface area contributed by atoms with Crippen LogP contribution >= 0.6 is 0 Å². The van der Waals surface area contributed by atoms with E-state index in [0.717, 1.165) is 16.9 Å². The largest absolute Gasteiger partial charge is 0.494 e. The molecule has 5 heteroatoms. The highest BCUT2D eigenvalue weighted by molar-refractivity contribution is 5.70. The fourth-order valence-electron chi connectivity index (χ4n) is 2.49. The van der Waals surface area contributed by atoms with Crippen molar-refractivity contribution in [3.8, 4) is 11.5 Å². The first-order valence-corrected chi connectivity index (χ1v) is 8.92. The number of halogens is 1. The molecule has 0 aromatic heterocycles. The highest BCUT2D eigenvalue weighted by Gasteiger charge is 2.10. The standard InChI is InChI=1S/C21H26FNO3/c1-16(2)19-6-3-4-7-20(19)26-21(24)23-14-12-17-8-10-18(11-9-17)25-15-5-13-22/h3-4,6-11,16H,5,12-15H2,1-2H3,(H,23,24). The number of carbonyl (C=O) groups is 1. The molecule has 0 spiro atoms. The van der Waals surface area contributed by atoms with Crippen molar-refractivity contribution >= 4 is 6.09 Å². The topological polar surface area (TPSA) is 47.6 Å². The third kappa shape index (κ3) is 6.39. The molecule has 0 bridgehead atoms. The number of para-hydroxylation sites is 1. The van der Waals surface area contributed by atoms with Crippen LogP contribution in [0, 0.1) is 0 Å². The molecule has 140 valence electrons. The van der Waals surface area contributed by atoms with Gasteiger partial charge in [-0.15, -0.1) is 0 Å². The van der Waals surface area contributed by atoms with E-state index in [-0.39, 0.29) is 12.6 Å². The van der Waals surface area contributed by atoms with Gasteiger partial charge in [-0.1, -0.05) is 44.2 Å². The van der Waals surface area contributed by atoms with Crippen LogP contribution in [-0.4, -0.2) is 25.9 Å². The van der Waals surface area contributed by atoms with Gasteiger partial charge < -0.3 is 14.8 Å². The maximum atomic E-state index is 12.0. The first-order chi connectivity index (χ1) is 12.6. The summed E-state index contributed by atoms with van der Waals surface area (Å²) < 4.78 is 22.9. The van der Waals surface area contributed by atoms with Crippen molar-refractivity contribution in [3.63, 3.8) is 0 Å². The zero-order chi connectivity index (χ0) is 18.8. The fourth-order valence-corrected chi connectivity index (χ4v) is 2.49. The predicted molar refractivity (Wildman–Crippen MR) is 101 cm³/mol. The summed E-state index contributed by atoms with van der Waals surface area (Å²) in [7, 11) is 0. The highest BCUT2D eigenvalue weighted by Crippen LogP contribution is 2.25. The zero-order valence-electron chi connectivity index (χ0n) is 15.3. The summed E-state index contributed by atoms with van der Waals surface area (Å²) in [6.45, 7) is 4.60. The summed E-state index contributed by atoms with van der Waals surface area (Å²) in [5.74, 6) is 1.60. The van der Waals surface area contributed by atoms with Crippen LogP contribution in [-0.2, 0) is 6.42 Å². The Hall–Kier alpha value is -2.56. The number of alkyl halides is 1. The number of hydrogen-bond acceptors (Lipinski definition) is 3. The first-order valence-electron chi connectivity index (χ1n) is 8.92. The van der Waals surface area contributed by atoms with Gasteiger partial charge in [-0.05, 0) is 41.7 Å². The van der Waals surface area contributed by atoms with E-state index in [2.05, 4.69) is 19.2 Å². The van der Waals surface area contributed by atoms with E-state index in [0.29, 0.717) is 31.7 Å². The van der Waals surface area contributed by atoms with Crippen molar-refractivity contribution < 1.29 is 18.7 Å². The number of nitrogens with one attached hydrogen (secondary N) is 1. The molecule has 26 heavy (non-hydrogen) atoms. The molecule has 0 radical (unpaired) electrons. The van der Waals surface area contributed by atoms with Gasteiger partial charge in [0.25, 0.3) is 0 Å². The number of amides is 1. The smallest absolute Gasteiger partial charge is 0.412 e. The van der Waals surface area contributed by atoms with Gasteiger partial charge in [-0.25, -0.2) is 4.79 Å². The second kappa shape index (κ2) is 10.4. The van der Waals surface area contributed by atoms with Crippen LogP contribution in [0.2, 0.25) is 0 Å². The average Bonchev–Trinajstić information content (AvgIpc) is 2.63. The molecule has 4 nitrogen and oxygen atoms in total. The molecule has 2 rings (SSSR count). The van der Waals surface area contributed by atoms with Crippen molar-refractivity contribution in [2.45, 2.75) is 32.6 Å². The van der Waals surface area contributed by atoms with Gasteiger partial charge in [0.05, 0.1) is 13.3 Å². The lowest BCUT2D eigenvalue weighted by Gasteiger charge is -2.13. The minimum Gasteiger partial charge on any atom is -0.494 e. The number of carbonyl (C=O) groups excluding carboxylic acids is 1. The molecule has 0 fully saturated rings. The summed E-state index contributed by atoms with van der Waals surface area (Å²) in [6, 6.07) is 15.1. The van der Waals surface area contributed by atoms with E-state index in [1.54, 1.807) is 6.07 Å². The van der Waals surface area contributed by atoms with Crippen LogP contribution in [0.4, 0.5) is 9.18 Å². The monoisotopic (exact) mass is 359 g/mol. The number of hydrogen-bond donors (Lipinski definition) is 1. The second-order valence-electron chi connectivity index (χ2n) is 6.29. The summed E-state index contributed by atoms with van der Waals surface area (Å²) in [4.78, 5) is 12.0. The van der Waals surface area contributed by atoms with E-state index < -0.39 is 6.09 Å². The number of ether oxygens (including phenoxy) is 2. The Morgan fingerprint density at radius 2 is 1.85 bits per heavy atom. The molecule has 0 heterocycles. The Morgan fingerprint density at radius 1 is 1.12 bits per heavy atom. The second-order valence-corrected chi connectivity index (χ2v) is 6.29. The lowest BCUT2D eigenvalue weighted by molar-refractivity contribution is 0.200. The van der Waals surface area contributed by atoms with Crippen molar-refractivity contribution in [2.75, 3.05) is 19.8 Å². The lowest BCUT2D eigenvalue weighted by atomic mass is 10.0. The molecule has 0 unspecified atom stereocenters. The average molecular weight is 359 g/mol. The van der Waals surface area contributed by atoms with E-state index in [9.17, 15) is 9.18 Å². The summed E-state index contributed by atoms with van der Waals surface area (Å²) >= 11 is 0. The van der Waals surface area contributed by atoms with Crippen molar-refractivity contribution in [2.24, 2.45) is 0 Å². The molecule has 2 aromatic carbocycles. The molecule has 0 atom stereocenters. The Kier molecular flexibility index (Phi) is 7.93.